The van der Waals surface area contributed by atoms with Crippen molar-refractivity contribution in [3.63, 3.8) is 0 Å². The molecule has 2 fully saturated rings. The molecular formula is C16H18N2O3S. The third-order valence-corrected chi connectivity index (χ3v) is 4.94. The zero-order chi connectivity index (χ0) is 15.7. The number of hydrogen-bond acceptors (Lipinski definition) is 4. The van der Waals surface area contributed by atoms with E-state index in [4.69, 9.17) is 0 Å². The largest absolute Gasteiger partial charge is 0.340 e. The number of aryl methyl sites for hydroxylation is 1. The van der Waals surface area contributed by atoms with E-state index in [0.717, 1.165) is 22.9 Å². The highest BCUT2D eigenvalue weighted by Crippen LogP contribution is 2.26. The number of hydrogen-bond donors (Lipinski definition) is 0. The molecule has 2 aliphatic rings. The van der Waals surface area contributed by atoms with Crippen LogP contribution in [-0.2, 0) is 16.0 Å². The molecule has 2 aliphatic heterocycles. The molecule has 116 valence electrons. The van der Waals surface area contributed by atoms with Crippen molar-refractivity contribution in [2.45, 2.75) is 25.8 Å². The van der Waals surface area contributed by atoms with Gasteiger partial charge in [-0.25, -0.2) is 0 Å². The first-order valence-corrected chi connectivity index (χ1v) is 8.35. The van der Waals surface area contributed by atoms with E-state index in [9.17, 15) is 14.4 Å². The van der Waals surface area contributed by atoms with Crippen molar-refractivity contribution >= 4 is 28.8 Å². The average Bonchev–Trinajstić information content (AvgIpc) is 3.06. The van der Waals surface area contributed by atoms with Crippen molar-refractivity contribution in [2.75, 3.05) is 18.8 Å². The first-order chi connectivity index (χ1) is 10.5. The lowest BCUT2D eigenvalue weighted by molar-refractivity contribution is -0.131. The normalized spacial score (nSPS) is 21.8. The predicted molar refractivity (Wildman–Crippen MR) is 84.6 cm³/mol. The molecule has 2 heterocycles. The summed E-state index contributed by atoms with van der Waals surface area (Å²) >= 11 is 1.05. The predicted octanol–water partition coefficient (Wildman–Crippen LogP) is 1.83. The molecule has 5 nitrogen and oxygen atoms in total. The lowest BCUT2D eigenvalue weighted by Gasteiger charge is -2.22. The Kier molecular flexibility index (Phi) is 4.20. The SMILES string of the molecule is Cc1cccc(CC(=O)N2CC[C@@H](N3C(=O)CSC3=O)C2)c1. The van der Waals surface area contributed by atoms with Crippen LogP contribution in [0.15, 0.2) is 24.3 Å². The van der Waals surface area contributed by atoms with E-state index in [1.165, 1.54) is 4.90 Å². The van der Waals surface area contributed by atoms with E-state index >= 15 is 0 Å². The smallest absolute Gasteiger partial charge is 0.289 e. The second-order valence-corrected chi connectivity index (χ2v) is 6.69. The van der Waals surface area contributed by atoms with Crippen molar-refractivity contribution in [1.29, 1.82) is 0 Å². The van der Waals surface area contributed by atoms with Gasteiger partial charge in [-0.15, -0.1) is 0 Å². The third kappa shape index (κ3) is 3.02. The van der Waals surface area contributed by atoms with E-state index in [1.54, 1.807) is 4.90 Å². The fourth-order valence-electron chi connectivity index (χ4n) is 3.00. The standard InChI is InChI=1S/C16H18N2O3S/c1-11-3-2-4-12(7-11)8-14(19)17-6-5-13(9-17)18-15(20)10-22-16(18)21/h2-4,7,13H,5-6,8-10H2,1H3/t13-/m1/s1. The number of carbonyl (C=O) groups is 3. The van der Waals surface area contributed by atoms with Gasteiger partial charge in [0.1, 0.15) is 0 Å². The molecule has 3 amide bonds. The summed E-state index contributed by atoms with van der Waals surface area (Å²) in [5.74, 6) is 0.153. The van der Waals surface area contributed by atoms with Gasteiger partial charge in [-0.2, -0.15) is 0 Å². The van der Waals surface area contributed by atoms with Gasteiger partial charge in [-0.1, -0.05) is 41.6 Å². The van der Waals surface area contributed by atoms with Crippen LogP contribution in [0.4, 0.5) is 4.79 Å². The molecule has 1 aromatic carbocycles. The molecule has 0 radical (unpaired) electrons. The van der Waals surface area contributed by atoms with Gasteiger partial charge in [-0.3, -0.25) is 19.3 Å². The number of carbonyl (C=O) groups excluding carboxylic acids is 3. The highest BCUT2D eigenvalue weighted by atomic mass is 32.2. The van der Waals surface area contributed by atoms with Crippen LogP contribution in [0.2, 0.25) is 0 Å². The van der Waals surface area contributed by atoms with Gasteiger partial charge in [0, 0.05) is 13.1 Å². The van der Waals surface area contributed by atoms with Crippen LogP contribution in [0.5, 0.6) is 0 Å². The zero-order valence-corrected chi connectivity index (χ0v) is 13.3. The Bertz CT molecular complexity index is 616. The monoisotopic (exact) mass is 318 g/mol. The molecule has 0 unspecified atom stereocenters. The van der Waals surface area contributed by atoms with Gasteiger partial charge < -0.3 is 4.90 Å². The Balaban J connectivity index is 1.61. The van der Waals surface area contributed by atoms with E-state index in [-0.39, 0.29) is 28.8 Å². The molecule has 0 aliphatic carbocycles. The molecule has 0 spiro atoms. The number of likely N-dealkylation sites (tertiary alicyclic amines) is 1. The highest BCUT2D eigenvalue weighted by molar-refractivity contribution is 8.14. The van der Waals surface area contributed by atoms with Crippen molar-refractivity contribution in [3.8, 4) is 0 Å². The fourth-order valence-corrected chi connectivity index (χ4v) is 3.78. The van der Waals surface area contributed by atoms with Crippen LogP contribution in [0.25, 0.3) is 0 Å². The number of imide groups is 1. The van der Waals surface area contributed by atoms with Gasteiger partial charge >= 0.3 is 0 Å². The molecule has 1 atom stereocenters. The quantitative estimate of drug-likeness (QED) is 0.853. The highest BCUT2D eigenvalue weighted by Gasteiger charge is 2.40. The molecule has 1 aromatic rings. The van der Waals surface area contributed by atoms with Gasteiger partial charge in [0.25, 0.3) is 5.24 Å². The second-order valence-electron chi connectivity index (χ2n) is 5.77. The van der Waals surface area contributed by atoms with E-state index in [1.807, 2.05) is 31.2 Å². The zero-order valence-electron chi connectivity index (χ0n) is 12.4. The summed E-state index contributed by atoms with van der Waals surface area (Å²) in [5.41, 5.74) is 2.13. The lowest BCUT2D eigenvalue weighted by Crippen LogP contribution is -2.41. The Morgan fingerprint density at radius 2 is 2.18 bits per heavy atom. The summed E-state index contributed by atoms with van der Waals surface area (Å²) in [4.78, 5) is 39.0. The summed E-state index contributed by atoms with van der Waals surface area (Å²) in [5, 5.41) is -0.178. The van der Waals surface area contributed by atoms with Gasteiger partial charge in [0.05, 0.1) is 18.2 Å². The van der Waals surface area contributed by atoms with Crippen molar-refractivity contribution in [3.05, 3.63) is 35.4 Å². The molecule has 0 N–H and O–H groups in total. The maximum Gasteiger partial charge on any atom is 0.289 e. The van der Waals surface area contributed by atoms with E-state index in [2.05, 4.69) is 0 Å². The van der Waals surface area contributed by atoms with Crippen LogP contribution >= 0.6 is 11.8 Å². The second kappa shape index (κ2) is 6.12. The molecule has 3 rings (SSSR count). The fraction of sp³-hybridized carbons (Fsp3) is 0.438. The van der Waals surface area contributed by atoms with E-state index < -0.39 is 0 Å². The molecule has 6 heteroatoms. The Morgan fingerprint density at radius 1 is 1.36 bits per heavy atom. The number of amides is 3. The van der Waals surface area contributed by atoms with Crippen LogP contribution < -0.4 is 0 Å². The summed E-state index contributed by atoms with van der Waals surface area (Å²) < 4.78 is 0. The molecule has 22 heavy (non-hydrogen) atoms. The van der Waals surface area contributed by atoms with Crippen molar-refractivity contribution < 1.29 is 14.4 Å². The topological polar surface area (TPSA) is 57.7 Å². The number of nitrogens with zero attached hydrogens (tertiary/aromatic N) is 2. The van der Waals surface area contributed by atoms with Crippen LogP contribution in [0, 0.1) is 6.92 Å². The number of rotatable bonds is 3. The number of thioether (sulfide) groups is 1. The molecule has 0 aromatic heterocycles. The summed E-state index contributed by atoms with van der Waals surface area (Å²) in [6.45, 7) is 3.07. The molecular weight excluding hydrogens is 300 g/mol. The van der Waals surface area contributed by atoms with Gasteiger partial charge in [0.15, 0.2) is 0 Å². The van der Waals surface area contributed by atoms with Crippen LogP contribution in [0.1, 0.15) is 17.5 Å². The average molecular weight is 318 g/mol. The Labute approximate surface area is 133 Å². The van der Waals surface area contributed by atoms with Crippen molar-refractivity contribution in [1.82, 2.24) is 9.80 Å². The summed E-state index contributed by atoms with van der Waals surface area (Å²) in [7, 11) is 0. The molecule has 0 bridgehead atoms. The summed E-state index contributed by atoms with van der Waals surface area (Å²) in [6, 6.07) is 7.75. The van der Waals surface area contributed by atoms with Gasteiger partial charge in [0.2, 0.25) is 11.8 Å². The first-order valence-electron chi connectivity index (χ1n) is 7.37. The molecule has 0 saturated carbocycles. The van der Waals surface area contributed by atoms with Gasteiger partial charge in [-0.05, 0) is 18.9 Å². The minimum absolute atomic E-state index is 0.0554. The number of benzene rings is 1. The molecule has 2 saturated heterocycles. The van der Waals surface area contributed by atoms with Crippen molar-refractivity contribution in [2.24, 2.45) is 0 Å². The minimum atomic E-state index is -0.178. The lowest BCUT2D eigenvalue weighted by atomic mass is 10.1. The summed E-state index contributed by atoms with van der Waals surface area (Å²) in [6.07, 6.45) is 1.04. The Hall–Kier alpha value is -1.82. The van der Waals surface area contributed by atoms with Crippen LogP contribution in [-0.4, -0.2) is 51.7 Å². The Morgan fingerprint density at radius 3 is 2.86 bits per heavy atom. The first kappa shape index (κ1) is 15.1. The third-order valence-electron chi connectivity index (χ3n) is 4.10. The van der Waals surface area contributed by atoms with E-state index in [0.29, 0.717) is 25.9 Å². The van der Waals surface area contributed by atoms with Crippen LogP contribution in [0.3, 0.4) is 0 Å². The maximum atomic E-state index is 12.4. The maximum absolute atomic E-state index is 12.4. The minimum Gasteiger partial charge on any atom is -0.340 e.